The van der Waals surface area contributed by atoms with Gasteiger partial charge in [0.1, 0.15) is 0 Å². The van der Waals surface area contributed by atoms with Crippen molar-refractivity contribution in [3.8, 4) is 0 Å². The summed E-state index contributed by atoms with van der Waals surface area (Å²) in [5, 5.41) is 0. The fourth-order valence-electron chi connectivity index (χ4n) is 0.658. The molecule has 1 fully saturated rings. The van der Waals surface area contributed by atoms with E-state index in [2.05, 4.69) is 95.6 Å². The highest BCUT2D eigenvalue weighted by Crippen LogP contribution is 2.34. The molecule has 6 atom stereocenters. The number of rotatable bonds is 0. The molecule has 1 aliphatic rings. The van der Waals surface area contributed by atoms with Crippen molar-refractivity contribution in [3.05, 3.63) is 0 Å². The number of alkyl halides is 6. The van der Waals surface area contributed by atoms with Crippen LogP contribution in [0.4, 0.5) is 0 Å². The molecule has 0 saturated heterocycles. The van der Waals surface area contributed by atoms with Crippen molar-refractivity contribution < 1.29 is 24.7 Å². The molecule has 0 spiro atoms. The molecule has 0 heterocycles. The zero-order valence-corrected chi connectivity index (χ0v) is 17.8. The largest absolute Gasteiger partial charge is 0.0879 e. The van der Waals surface area contributed by atoms with Crippen LogP contribution in [-0.2, 0) is 0 Å². The molecular weight excluding hydrogens is 624 g/mol. The van der Waals surface area contributed by atoms with Gasteiger partial charge in [0, 0.05) is 53.5 Å². The molecule has 0 unspecified atom stereocenters. The third-order valence-corrected chi connectivity index (χ3v) is 6.59. The summed E-state index contributed by atoms with van der Waals surface area (Å²) in [5.74, 6) is 0. The zero-order valence-electron chi connectivity index (χ0n) is 26.3. The Bertz CT molecular complexity index is 587. The van der Waals surface area contributed by atoms with Crippen molar-refractivity contribution in [3.63, 3.8) is 0 Å². The molecule has 0 aromatic rings. The molecule has 1 rings (SSSR count). The molecule has 108 valence electrons. The van der Waals surface area contributed by atoms with Crippen molar-refractivity contribution in [2.24, 2.45) is 0 Å². The molecule has 1 aliphatic carbocycles. The summed E-state index contributed by atoms with van der Waals surface area (Å²) in [7, 11) is 0. The third-order valence-electron chi connectivity index (χ3n) is 1.42. The van der Waals surface area contributed by atoms with Gasteiger partial charge in [0.25, 0.3) is 0 Å². The predicted molar refractivity (Wildman–Crippen MR) is 104 cm³/mol. The van der Waals surface area contributed by atoms with E-state index in [9.17, 15) is 0 Å². The fourth-order valence-corrected chi connectivity index (χ4v) is 1.85. The Morgan fingerprint density at radius 2 is 0.611 bits per heavy atom. The molecule has 0 N–H and O–H groups in total. The predicted octanol–water partition coefficient (Wildman–Crippen LogP) is 6.92. The lowest BCUT2D eigenvalue weighted by molar-refractivity contribution is 0.557. The van der Waals surface area contributed by atoms with Crippen LogP contribution in [0.1, 0.15) is 62.9 Å². The van der Waals surface area contributed by atoms with Gasteiger partial charge < -0.3 is 0 Å². The van der Waals surface area contributed by atoms with Crippen molar-refractivity contribution in [1.29, 1.82) is 0 Å². The number of hydrogen-bond donors (Lipinski definition) is 0. The molecule has 0 aromatic heterocycles. The van der Waals surface area contributed by atoms with Gasteiger partial charge in [0.2, 0.25) is 0 Å². The minimum Gasteiger partial charge on any atom is -0.0879 e. The van der Waals surface area contributed by atoms with Crippen LogP contribution in [-0.4, -0.2) is 28.8 Å². The van der Waals surface area contributed by atoms with E-state index < -0.39 is 67.1 Å². The molecule has 0 aromatic carbocycles. The lowest BCUT2D eigenvalue weighted by atomic mass is 10.0. The first kappa shape index (κ1) is 5.46. The fraction of sp³-hybridized carbons (Fsp3) is 1.00. The Kier molecular flexibility index (Phi) is 2.97. The van der Waals surface area contributed by atoms with E-state index in [4.69, 9.17) is 24.7 Å². The van der Waals surface area contributed by atoms with Gasteiger partial charge in [-0.3, -0.25) is 0 Å². The van der Waals surface area contributed by atoms with Crippen LogP contribution in [0.5, 0.6) is 0 Å². The average Bonchev–Trinajstić information content (AvgIpc) is 2.65. The lowest BCUT2D eigenvalue weighted by Gasteiger charge is -2.25. The van der Waals surface area contributed by atoms with Crippen LogP contribution in [0.2, 0.25) is 0 Å². The van der Waals surface area contributed by atoms with Crippen molar-refractivity contribution in [1.82, 2.24) is 0 Å². The lowest BCUT2D eigenvalue weighted by Crippen LogP contribution is -2.25. The summed E-state index contributed by atoms with van der Waals surface area (Å²) in [6.07, 6.45) is -23.8. The highest BCUT2D eigenvalue weighted by atomic mass is 79.9. The summed E-state index contributed by atoms with van der Waals surface area (Å²) < 4.78 is 152. The third kappa shape index (κ3) is 6.76. The maximum atomic E-state index is 8.54. The summed E-state index contributed by atoms with van der Waals surface area (Å²) in [6, 6.07) is 0. The van der Waals surface area contributed by atoms with Gasteiger partial charge in [0.15, 0.2) is 0 Å². The molecule has 0 aliphatic heterocycles. The molecule has 0 nitrogen and oxygen atoms in total. The Morgan fingerprint density at radius 1 is 0.500 bits per heavy atom. The molecular formula is C12H18Br6. The monoisotopic (exact) mass is 654 g/mol. The smallest absolute Gasteiger partial charge is 0.0435 e. The zero-order chi connectivity index (χ0) is 30.0. The summed E-state index contributed by atoms with van der Waals surface area (Å²) >= 11 is 14.8. The van der Waals surface area contributed by atoms with E-state index in [-0.39, 0.29) is 0 Å². The Morgan fingerprint density at radius 3 is 0.722 bits per heavy atom. The van der Waals surface area contributed by atoms with Crippen LogP contribution >= 0.6 is 95.6 Å². The van der Waals surface area contributed by atoms with E-state index in [0.717, 1.165) is 0 Å². The minimum atomic E-state index is -3.97. The van der Waals surface area contributed by atoms with E-state index in [1.807, 2.05) is 0 Å². The SMILES string of the molecule is [2H]C1([2H])C([2H])([2H])[C@@]([2H])(Br)[C@]([2H])(Br)C([2H])([2H])C([2H])([2H])[C@]([2H])(Br)[C@]([2H])(Br)C([2H])([2H])C([2H])([2H])[C@@]([2H])(Br)[C@@]1([2H])Br. The summed E-state index contributed by atoms with van der Waals surface area (Å²) in [6.45, 7) is 0. The molecule has 18 heavy (non-hydrogen) atoms. The van der Waals surface area contributed by atoms with Crippen LogP contribution in [0.15, 0.2) is 0 Å². The Labute approximate surface area is 186 Å². The number of hydrogen-bond acceptors (Lipinski definition) is 0. The Hall–Kier alpha value is 2.88. The van der Waals surface area contributed by atoms with Crippen LogP contribution in [0.3, 0.4) is 0 Å². The first-order chi connectivity index (χ1) is 15.0. The van der Waals surface area contributed by atoms with Crippen LogP contribution < -0.4 is 0 Å². The topological polar surface area (TPSA) is 0 Å². The van der Waals surface area contributed by atoms with Gasteiger partial charge in [-0.1, -0.05) is 95.6 Å². The van der Waals surface area contributed by atoms with Crippen molar-refractivity contribution in [2.75, 3.05) is 0 Å². The van der Waals surface area contributed by atoms with Crippen LogP contribution in [0, 0.1) is 0 Å². The Balaban J connectivity index is 4.55. The van der Waals surface area contributed by atoms with Crippen molar-refractivity contribution in [2.45, 2.75) is 67.1 Å². The van der Waals surface area contributed by atoms with E-state index >= 15 is 0 Å². The van der Waals surface area contributed by atoms with Gasteiger partial charge >= 0.3 is 0 Å². The number of halogens is 6. The summed E-state index contributed by atoms with van der Waals surface area (Å²) in [4.78, 5) is -21.6. The van der Waals surface area contributed by atoms with E-state index in [1.165, 1.54) is 0 Å². The first-order valence-electron chi connectivity index (χ1n) is 13.1. The normalized spacial score (nSPS) is 101. The maximum absolute atomic E-state index is 8.54. The second kappa shape index (κ2) is 9.81. The van der Waals surface area contributed by atoms with Gasteiger partial charge in [0.05, 0.1) is 0 Å². The van der Waals surface area contributed by atoms with E-state index in [1.54, 1.807) is 0 Å². The standard InChI is InChI=1S/C12H18Br6/c13-7-1-2-8(14)10(16)5-6-12(18)11(17)4-3-9(7)15/h7-12H,1-6H2/t7-,8-,9+,10+,11-,12-/m1/s1/i1D2,2D2,3D2,4D2,5D2,6D2,7D,8D,9D,10D,11D,12D. The molecule has 6 heteroatoms. The second-order valence-corrected chi connectivity index (χ2v) is 7.39. The highest BCUT2D eigenvalue weighted by Gasteiger charge is 2.25. The molecule has 0 bridgehead atoms. The first-order valence-corrected chi connectivity index (χ1v) is 8.89. The highest BCUT2D eigenvalue weighted by molar-refractivity contribution is 9.13. The summed E-state index contributed by atoms with van der Waals surface area (Å²) in [5.41, 5.74) is 0. The molecule has 0 radical (unpaired) electrons. The molecule has 0 amide bonds. The van der Waals surface area contributed by atoms with Crippen LogP contribution in [0.25, 0.3) is 0 Å². The molecule has 1 saturated carbocycles. The van der Waals surface area contributed by atoms with Crippen molar-refractivity contribution >= 4 is 95.6 Å². The van der Waals surface area contributed by atoms with Gasteiger partial charge in [-0.05, 0) is 38.2 Å². The van der Waals surface area contributed by atoms with Gasteiger partial charge in [-0.15, -0.1) is 0 Å². The van der Waals surface area contributed by atoms with Gasteiger partial charge in [-0.25, -0.2) is 0 Å². The maximum Gasteiger partial charge on any atom is 0.0435 e. The average molecular weight is 660 g/mol. The second-order valence-electron chi connectivity index (χ2n) is 2.63. The minimum absolute atomic E-state index is 2.46. The van der Waals surface area contributed by atoms with Gasteiger partial charge in [-0.2, -0.15) is 0 Å². The quantitative estimate of drug-likeness (QED) is 0.248. The van der Waals surface area contributed by atoms with E-state index in [0.29, 0.717) is 0 Å².